The number of aromatic amines is 1. The van der Waals surface area contributed by atoms with Crippen LogP contribution in [0.25, 0.3) is 22.5 Å². The van der Waals surface area contributed by atoms with Gasteiger partial charge >= 0.3 is 0 Å². The topological polar surface area (TPSA) is 57.8 Å². The highest BCUT2D eigenvalue weighted by Crippen LogP contribution is 2.33. The number of rotatable bonds is 6. The number of nitrogens with one attached hydrogen (secondary N) is 2. The second-order valence-electron chi connectivity index (χ2n) is 6.73. The van der Waals surface area contributed by atoms with Gasteiger partial charge in [0.05, 0.1) is 22.3 Å². The molecule has 1 amide bonds. The van der Waals surface area contributed by atoms with Crippen molar-refractivity contribution in [1.29, 1.82) is 0 Å². The maximum atomic E-state index is 13.8. The van der Waals surface area contributed by atoms with Gasteiger partial charge in [0, 0.05) is 11.1 Å². The van der Waals surface area contributed by atoms with Crippen LogP contribution in [0, 0.1) is 5.82 Å². The summed E-state index contributed by atoms with van der Waals surface area (Å²) < 4.78 is 13.8. The van der Waals surface area contributed by atoms with E-state index in [-0.39, 0.29) is 11.6 Å². The van der Waals surface area contributed by atoms with E-state index >= 15 is 0 Å². The number of carbonyl (C=O) groups is 1. The molecule has 4 nitrogen and oxygen atoms in total. The van der Waals surface area contributed by atoms with Crippen molar-refractivity contribution in [3.05, 3.63) is 90.7 Å². The normalized spacial score (nSPS) is 11.8. The van der Waals surface area contributed by atoms with Crippen LogP contribution in [-0.2, 0) is 4.79 Å². The van der Waals surface area contributed by atoms with Gasteiger partial charge in [-0.25, -0.2) is 9.37 Å². The van der Waals surface area contributed by atoms with Crippen LogP contribution in [-0.4, -0.2) is 21.1 Å². The number of halogens is 1. The first kappa shape index (κ1) is 19.9. The molecule has 2 N–H and O–H groups in total. The van der Waals surface area contributed by atoms with Gasteiger partial charge in [-0.2, -0.15) is 0 Å². The highest BCUT2D eigenvalue weighted by atomic mass is 32.2. The molecule has 1 unspecified atom stereocenters. The number of nitrogens with zero attached hydrogens (tertiary/aromatic N) is 1. The lowest BCUT2D eigenvalue weighted by molar-refractivity contribution is -0.115. The molecule has 0 aliphatic rings. The molecule has 30 heavy (non-hydrogen) atoms. The van der Waals surface area contributed by atoms with Crippen LogP contribution in [0.2, 0.25) is 0 Å². The molecule has 0 fully saturated rings. The van der Waals surface area contributed by atoms with E-state index in [1.165, 1.54) is 17.8 Å². The Hall–Kier alpha value is -3.38. The number of amides is 1. The molecule has 1 heterocycles. The van der Waals surface area contributed by atoms with Crippen molar-refractivity contribution >= 4 is 23.4 Å². The molecule has 1 atom stereocenters. The number of aromatic nitrogens is 2. The number of para-hydroxylation sites is 1. The number of hydrogen-bond donors (Lipinski definition) is 2. The summed E-state index contributed by atoms with van der Waals surface area (Å²) in [6.45, 7) is 1.77. The summed E-state index contributed by atoms with van der Waals surface area (Å²) in [6.07, 6.45) is 0. The first-order valence-electron chi connectivity index (χ1n) is 9.54. The van der Waals surface area contributed by atoms with Crippen molar-refractivity contribution in [2.24, 2.45) is 0 Å². The standard InChI is InChI=1S/C24H20FN3OS/c1-16(23(29)26-20-15-9-8-14-19(20)25)30-24-27-21(17-10-4-2-5-11-17)22(28-24)18-12-6-3-7-13-18/h2-16H,1H3,(H,26,29)(H,27,28). The van der Waals surface area contributed by atoms with E-state index in [0.29, 0.717) is 5.16 Å². The molecule has 0 radical (unpaired) electrons. The molecule has 0 aliphatic heterocycles. The maximum Gasteiger partial charge on any atom is 0.237 e. The molecule has 0 spiro atoms. The summed E-state index contributed by atoms with van der Waals surface area (Å²) in [7, 11) is 0. The Bertz CT molecular complexity index is 1090. The summed E-state index contributed by atoms with van der Waals surface area (Å²) in [5.74, 6) is -0.747. The zero-order valence-corrected chi connectivity index (χ0v) is 17.1. The zero-order chi connectivity index (χ0) is 20.9. The predicted molar refractivity (Wildman–Crippen MR) is 120 cm³/mol. The lowest BCUT2D eigenvalue weighted by Gasteiger charge is -2.11. The third-order valence-corrected chi connectivity index (χ3v) is 5.57. The number of carbonyl (C=O) groups excluding carboxylic acids is 1. The lowest BCUT2D eigenvalue weighted by Crippen LogP contribution is -2.23. The fourth-order valence-corrected chi connectivity index (χ4v) is 3.85. The first-order chi connectivity index (χ1) is 14.6. The van der Waals surface area contributed by atoms with Crippen molar-refractivity contribution < 1.29 is 9.18 Å². The smallest absolute Gasteiger partial charge is 0.237 e. The number of H-pyrrole nitrogens is 1. The fourth-order valence-electron chi connectivity index (χ4n) is 3.04. The van der Waals surface area contributed by atoms with Crippen LogP contribution in [0.15, 0.2) is 90.1 Å². The van der Waals surface area contributed by atoms with Gasteiger partial charge in [0.1, 0.15) is 5.82 Å². The van der Waals surface area contributed by atoms with Gasteiger partial charge in [0.2, 0.25) is 5.91 Å². The van der Waals surface area contributed by atoms with E-state index in [1.807, 2.05) is 60.7 Å². The van der Waals surface area contributed by atoms with Gasteiger partial charge < -0.3 is 10.3 Å². The molecule has 3 aromatic carbocycles. The molecule has 0 bridgehead atoms. The van der Waals surface area contributed by atoms with Gasteiger partial charge in [0.25, 0.3) is 0 Å². The molecule has 0 saturated carbocycles. The van der Waals surface area contributed by atoms with Crippen molar-refractivity contribution in [3.8, 4) is 22.5 Å². The SMILES string of the molecule is CC(Sc1nc(-c2ccccc2)c(-c2ccccc2)[nH]1)C(=O)Nc1ccccc1F. The van der Waals surface area contributed by atoms with Crippen molar-refractivity contribution in [2.45, 2.75) is 17.3 Å². The Balaban J connectivity index is 1.59. The Kier molecular flexibility index (Phi) is 5.95. The van der Waals surface area contributed by atoms with Crippen molar-refractivity contribution in [2.75, 3.05) is 5.32 Å². The first-order valence-corrected chi connectivity index (χ1v) is 10.4. The minimum atomic E-state index is -0.469. The van der Waals surface area contributed by atoms with E-state index in [9.17, 15) is 9.18 Å². The van der Waals surface area contributed by atoms with E-state index in [4.69, 9.17) is 4.98 Å². The summed E-state index contributed by atoms with van der Waals surface area (Å²) in [5, 5.41) is 2.80. The van der Waals surface area contributed by atoms with E-state index < -0.39 is 11.1 Å². The number of anilines is 1. The molecule has 4 aromatic rings. The number of thioether (sulfide) groups is 1. The Morgan fingerprint density at radius 2 is 1.53 bits per heavy atom. The predicted octanol–water partition coefficient (Wildman–Crippen LogP) is 6.00. The van der Waals surface area contributed by atoms with Gasteiger partial charge in [-0.1, -0.05) is 84.6 Å². The average molecular weight is 418 g/mol. The molecule has 6 heteroatoms. The van der Waals surface area contributed by atoms with Crippen LogP contribution >= 0.6 is 11.8 Å². The number of benzene rings is 3. The molecular weight excluding hydrogens is 397 g/mol. The summed E-state index contributed by atoms with van der Waals surface area (Å²) >= 11 is 1.30. The van der Waals surface area contributed by atoms with Gasteiger partial charge in [-0.05, 0) is 19.1 Å². The van der Waals surface area contributed by atoms with E-state index in [1.54, 1.807) is 25.1 Å². The Morgan fingerprint density at radius 1 is 0.933 bits per heavy atom. The second-order valence-corrected chi connectivity index (χ2v) is 8.06. The fraction of sp³-hybridized carbons (Fsp3) is 0.0833. The lowest BCUT2D eigenvalue weighted by atomic mass is 10.1. The molecule has 1 aromatic heterocycles. The van der Waals surface area contributed by atoms with Gasteiger partial charge in [0.15, 0.2) is 5.16 Å². The highest BCUT2D eigenvalue weighted by molar-refractivity contribution is 8.00. The van der Waals surface area contributed by atoms with E-state index in [2.05, 4.69) is 10.3 Å². The summed E-state index contributed by atoms with van der Waals surface area (Å²) in [5.41, 5.74) is 3.89. The minimum absolute atomic E-state index is 0.171. The third-order valence-electron chi connectivity index (χ3n) is 4.58. The van der Waals surface area contributed by atoms with Crippen LogP contribution in [0.4, 0.5) is 10.1 Å². The Morgan fingerprint density at radius 3 is 2.20 bits per heavy atom. The third kappa shape index (κ3) is 4.44. The van der Waals surface area contributed by atoms with Crippen molar-refractivity contribution in [3.63, 3.8) is 0 Å². The summed E-state index contributed by atoms with van der Waals surface area (Å²) in [4.78, 5) is 20.7. The second kappa shape index (κ2) is 8.97. The highest BCUT2D eigenvalue weighted by Gasteiger charge is 2.20. The minimum Gasteiger partial charge on any atom is -0.332 e. The quantitative estimate of drug-likeness (QED) is 0.378. The Labute approximate surface area is 178 Å². The zero-order valence-electron chi connectivity index (χ0n) is 16.3. The molecular formula is C24H20FN3OS. The summed E-state index contributed by atoms with van der Waals surface area (Å²) in [6, 6.07) is 26.0. The van der Waals surface area contributed by atoms with Crippen LogP contribution in [0.1, 0.15) is 6.92 Å². The van der Waals surface area contributed by atoms with Crippen LogP contribution in [0.5, 0.6) is 0 Å². The molecule has 150 valence electrons. The average Bonchev–Trinajstić information content (AvgIpc) is 3.20. The largest absolute Gasteiger partial charge is 0.332 e. The number of hydrogen-bond acceptors (Lipinski definition) is 3. The molecule has 4 rings (SSSR count). The maximum absolute atomic E-state index is 13.8. The molecule has 0 aliphatic carbocycles. The van der Waals surface area contributed by atoms with Gasteiger partial charge in [-0.15, -0.1) is 0 Å². The van der Waals surface area contributed by atoms with Crippen LogP contribution in [0.3, 0.4) is 0 Å². The monoisotopic (exact) mass is 417 g/mol. The van der Waals surface area contributed by atoms with E-state index in [0.717, 1.165) is 22.5 Å². The number of imidazole rings is 1. The van der Waals surface area contributed by atoms with Gasteiger partial charge in [-0.3, -0.25) is 4.79 Å². The van der Waals surface area contributed by atoms with Crippen molar-refractivity contribution in [1.82, 2.24) is 9.97 Å². The molecule has 0 saturated heterocycles. The van der Waals surface area contributed by atoms with Crippen LogP contribution < -0.4 is 5.32 Å².